The lowest BCUT2D eigenvalue weighted by Crippen LogP contribution is -2.25. The summed E-state index contributed by atoms with van der Waals surface area (Å²) in [5.41, 5.74) is 1.65. The van der Waals surface area contributed by atoms with Gasteiger partial charge in [-0.15, -0.1) is 0 Å². The molecule has 0 saturated carbocycles. The number of amides is 2. The number of hydrogen-bond donors (Lipinski definition) is 2. The molecule has 0 unspecified atom stereocenters. The Hall–Kier alpha value is -3.59. The molecule has 14 heteroatoms. The molecule has 2 N–H and O–H groups in total. The molecule has 2 fully saturated rings. The van der Waals surface area contributed by atoms with E-state index in [9.17, 15) is 23.2 Å². The number of hydrogen-bond acceptors (Lipinski definition) is 8. The van der Waals surface area contributed by atoms with Gasteiger partial charge in [-0.2, -0.15) is 0 Å². The van der Waals surface area contributed by atoms with Crippen molar-refractivity contribution in [1.29, 1.82) is 0 Å². The molecule has 2 heterocycles. The van der Waals surface area contributed by atoms with Crippen LogP contribution in [0, 0.1) is 11.6 Å². The van der Waals surface area contributed by atoms with Crippen molar-refractivity contribution in [2.45, 2.75) is 38.6 Å². The molecule has 0 bridgehead atoms. The van der Waals surface area contributed by atoms with Crippen LogP contribution >= 0.6 is 31.9 Å². The highest BCUT2D eigenvalue weighted by atomic mass is 79.9. The van der Waals surface area contributed by atoms with Crippen LogP contribution in [0.5, 0.6) is 0 Å². The third kappa shape index (κ3) is 12.7. The Morgan fingerprint density at radius 2 is 1.67 bits per heavy atom. The molecule has 10 nitrogen and oxygen atoms in total. The quantitative estimate of drug-likeness (QED) is 0.136. The zero-order chi connectivity index (χ0) is 32.8. The predicted octanol–water partition coefficient (Wildman–Crippen LogP) is 6.97. The van der Waals surface area contributed by atoms with Gasteiger partial charge in [0.2, 0.25) is 0 Å². The second kappa shape index (κ2) is 18.4. The molecule has 0 aromatic heterocycles. The van der Waals surface area contributed by atoms with Crippen LogP contribution in [-0.2, 0) is 30.3 Å². The lowest BCUT2D eigenvalue weighted by Gasteiger charge is -2.12. The average molecular weight is 758 g/mol. The van der Waals surface area contributed by atoms with Crippen LogP contribution in [0.15, 0.2) is 75.7 Å². The van der Waals surface area contributed by atoms with Crippen molar-refractivity contribution in [3.05, 3.63) is 92.9 Å². The molecule has 5 rings (SSSR count). The fourth-order valence-electron chi connectivity index (χ4n) is 3.56. The number of epoxide rings is 1. The first kappa shape index (κ1) is 35.9. The maximum Gasteiger partial charge on any atom is 0.414 e. The number of nitrogens with one attached hydrogen (secondary N) is 1. The molecular formula is C31H32Br2F2N2O8. The minimum Gasteiger partial charge on any atom is -0.463 e. The van der Waals surface area contributed by atoms with Gasteiger partial charge in [0.05, 0.1) is 34.4 Å². The van der Waals surface area contributed by atoms with Crippen LogP contribution in [0.1, 0.15) is 25.3 Å². The predicted molar refractivity (Wildman–Crippen MR) is 169 cm³/mol. The van der Waals surface area contributed by atoms with Gasteiger partial charge in [-0.1, -0.05) is 37.3 Å². The van der Waals surface area contributed by atoms with Gasteiger partial charge in [0.1, 0.15) is 37.1 Å². The van der Waals surface area contributed by atoms with E-state index >= 15 is 0 Å². The van der Waals surface area contributed by atoms with E-state index < -0.39 is 29.9 Å². The number of carbonyl (C=O) groups is 3. The van der Waals surface area contributed by atoms with Gasteiger partial charge in [-0.25, -0.2) is 18.4 Å². The van der Waals surface area contributed by atoms with E-state index in [4.69, 9.17) is 24.1 Å². The number of rotatable bonds is 9. The lowest BCUT2D eigenvalue weighted by atomic mass is 10.2. The standard InChI is InChI=1S/C14H11BrFNO2.C10H9BrFNO3.C7H12O3/c15-12-7-6-11(8-13(12)16)17-14(18)19-9-10-4-2-1-3-5-10;11-8-2-1-6(3-9(8)12)13-4-7(5-14)16-10(13)15;1-2-3-7(8)10-5-6-4-9-6/h1-8H,9H2,(H,17,18);1-3,7,14H,4-5H2;6H,2-5H2,1H3/t;7-;6-/m.11/s1. The van der Waals surface area contributed by atoms with Crippen molar-refractivity contribution in [3.63, 3.8) is 0 Å². The first-order valence-electron chi connectivity index (χ1n) is 13.8. The largest absolute Gasteiger partial charge is 0.463 e. The number of aliphatic hydroxyl groups excluding tert-OH is 1. The van der Waals surface area contributed by atoms with Crippen LogP contribution in [0.3, 0.4) is 0 Å². The Bertz CT molecular complexity index is 1430. The number of nitrogens with zero attached hydrogens (tertiary/aromatic N) is 1. The smallest absolute Gasteiger partial charge is 0.414 e. The van der Waals surface area contributed by atoms with Crippen molar-refractivity contribution in [1.82, 2.24) is 0 Å². The van der Waals surface area contributed by atoms with E-state index in [-0.39, 0.29) is 31.8 Å². The number of carbonyl (C=O) groups excluding carboxylic acids is 3. The van der Waals surface area contributed by atoms with E-state index in [1.807, 2.05) is 37.3 Å². The third-order valence-electron chi connectivity index (χ3n) is 5.96. The molecule has 0 spiro atoms. The maximum atomic E-state index is 13.3. The monoisotopic (exact) mass is 756 g/mol. The van der Waals surface area contributed by atoms with Gasteiger partial charge in [-0.05, 0) is 80.2 Å². The minimum absolute atomic E-state index is 0.113. The number of cyclic esters (lactones) is 1. The summed E-state index contributed by atoms with van der Waals surface area (Å²) in [6, 6.07) is 18.0. The second-order valence-corrected chi connectivity index (χ2v) is 11.3. The Balaban J connectivity index is 0.000000193. The molecule has 2 amide bonds. The summed E-state index contributed by atoms with van der Waals surface area (Å²) >= 11 is 6.07. The molecule has 2 saturated heterocycles. The summed E-state index contributed by atoms with van der Waals surface area (Å²) in [4.78, 5) is 34.9. The highest BCUT2D eigenvalue weighted by Crippen LogP contribution is 2.26. The SMILES string of the molecule is CCCC(=O)OC[C@H]1CO1.O=C(Nc1ccc(Br)c(F)c1)OCc1ccccc1.O=C1O[C@@H](CO)CN1c1ccc(Br)c(F)c1. The van der Waals surface area contributed by atoms with Crippen molar-refractivity contribution in [2.75, 3.05) is 36.6 Å². The number of halogens is 4. The summed E-state index contributed by atoms with van der Waals surface area (Å²) in [6.07, 6.45) is -0.164. The van der Waals surface area contributed by atoms with Crippen molar-refractivity contribution >= 4 is 61.4 Å². The van der Waals surface area contributed by atoms with Crippen LogP contribution in [-0.4, -0.2) is 61.8 Å². The summed E-state index contributed by atoms with van der Waals surface area (Å²) in [5, 5.41) is 11.3. The highest BCUT2D eigenvalue weighted by Gasteiger charge is 2.32. The van der Waals surface area contributed by atoms with Gasteiger partial charge in [0.25, 0.3) is 0 Å². The summed E-state index contributed by atoms with van der Waals surface area (Å²) in [7, 11) is 0. The molecule has 2 atom stereocenters. The van der Waals surface area contributed by atoms with Gasteiger partial charge in [-0.3, -0.25) is 15.0 Å². The third-order valence-corrected chi connectivity index (χ3v) is 7.24. The first-order chi connectivity index (χ1) is 21.6. The summed E-state index contributed by atoms with van der Waals surface area (Å²) in [5.74, 6) is -1.00. The molecule has 242 valence electrons. The fraction of sp³-hybridized carbons (Fsp3) is 0.323. The molecule has 45 heavy (non-hydrogen) atoms. The number of aliphatic hydroxyl groups is 1. The Labute approximate surface area is 275 Å². The normalized spacial score (nSPS) is 16.3. The minimum atomic E-state index is -0.620. The highest BCUT2D eigenvalue weighted by molar-refractivity contribution is 9.10. The van der Waals surface area contributed by atoms with E-state index in [1.54, 1.807) is 12.1 Å². The van der Waals surface area contributed by atoms with Crippen molar-refractivity contribution in [2.24, 2.45) is 0 Å². The molecule has 2 aliphatic rings. The zero-order valence-electron chi connectivity index (χ0n) is 24.2. The Morgan fingerprint density at radius 3 is 2.24 bits per heavy atom. The van der Waals surface area contributed by atoms with Crippen LogP contribution in [0.4, 0.5) is 29.7 Å². The fourth-order valence-corrected chi connectivity index (χ4v) is 4.05. The van der Waals surface area contributed by atoms with Crippen LogP contribution in [0.2, 0.25) is 0 Å². The summed E-state index contributed by atoms with van der Waals surface area (Å²) in [6.45, 7) is 3.32. The number of esters is 1. The summed E-state index contributed by atoms with van der Waals surface area (Å²) < 4.78 is 46.8. The molecule has 3 aromatic carbocycles. The number of benzene rings is 3. The van der Waals surface area contributed by atoms with Gasteiger partial charge < -0.3 is 24.1 Å². The Kier molecular flexibility index (Phi) is 14.7. The molecule has 0 aliphatic carbocycles. The first-order valence-corrected chi connectivity index (χ1v) is 15.4. The second-order valence-electron chi connectivity index (χ2n) is 9.60. The number of ether oxygens (including phenoxy) is 4. The van der Waals surface area contributed by atoms with E-state index in [2.05, 4.69) is 37.2 Å². The average Bonchev–Trinajstić information content (AvgIpc) is 3.79. The topological polar surface area (TPSA) is 127 Å². The van der Waals surface area contributed by atoms with Gasteiger partial charge in [0, 0.05) is 12.1 Å². The molecule has 2 aliphatic heterocycles. The number of anilines is 2. The lowest BCUT2D eigenvalue weighted by molar-refractivity contribution is -0.144. The molecular weight excluding hydrogens is 726 g/mol. The molecule has 0 radical (unpaired) electrons. The van der Waals surface area contributed by atoms with Gasteiger partial charge >= 0.3 is 18.2 Å². The van der Waals surface area contributed by atoms with E-state index in [0.717, 1.165) is 18.6 Å². The van der Waals surface area contributed by atoms with Crippen molar-refractivity contribution < 1.29 is 47.2 Å². The van der Waals surface area contributed by atoms with E-state index in [0.29, 0.717) is 33.3 Å². The van der Waals surface area contributed by atoms with Gasteiger partial charge in [0.15, 0.2) is 0 Å². The van der Waals surface area contributed by atoms with Crippen LogP contribution in [0.25, 0.3) is 0 Å². The zero-order valence-corrected chi connectivity index (χ0v) is 27.4. The molecule has 3 aromatic rings. The van der Waals surface area contributed by atoms with Crippen LogP contribution < -0.4 is 10.2 Å². The van der Waals surface area contributed by atoms with Crippen molar-refractivity contribution in [3.8, 4) is 0 Å². The van der Waals surface area contributed by atoms with E-state index in [1.165, 1.54) is 29.2 Å². The Morgan fingerprint density at radius 1 is 1.00 bits per heavy atom. The maximum absolute atomic E-state index is 13.3.